The summed E-state index contributed by atoms with van der Waals surface area (Å²) in [4.78, 5) is 34.1. The minimum atomic E-state index is -0.0439. The summed E-state index contributed by atoms with van der Waals surface area (Å²) in [5.41, 5.74) is 3.49. The van der Waals surface area contributed by atoms with Gasteiger partial charge >= 0.3 is 6.03 Å². The summed E-state index contributed by atoms with van der Waals surface area (Å²) in [5, 5.41) is 3.09. The van der Waals surface area contributed by atoms with Gasteiger partial charge in [0.2, 0.25) is 5.91 Å². The van der Waals surface area contributed by atoms with Gasteiger partial charge in [0.05, 0.1) is 0 Å². The molecule has 2 aliphatic heterocycles. The van der Waals surface area contributed by atoms with Gasteiger partial charge in [-0.2, -0.15) is 0 Å². The normalized spacial score (nSPS) is 17.7. The molecule has 0 aliphatic carbocycles. The molecule has 1 N–H and O–H groups in total. The van der Waals surface area contributed by atoms with Crippen LogP contribution in [-0.2, 0) is 17.9 Å². The second-order valence-electron chi connectivity index (χ2n) is 9.94. The van der Waals surface area contributed by atoms with Crippen molar-refractivity contribution in [2.45, 2.75) is 39.8 Å². The van der Waals surface area contributed by atoms with E-state index in [4.69, 9.17) is 0 Å². The van der Waals surface area contributed by atoms with Crippen LogP contribution in [0.4, 0.5) is 10.5 Å². The lowest BCUT2D eigenvalue weighted by Gasteiger charge is -2.35. The van der Waals surface area contributed by atoms with E-state index in [-0.39, 0.29) is 17.9 Å². The summed E-state index contributed by atoms with van der Waals surface area (Å²) in [6, 6.07) is 19.0. The first-order valence-corrected chi connectivity index (χ1v) is 13.5. The Morgan fingerprint density at radius 1 is 0.778 bits per heavy atom. The molecule has 0 saturated carbocycles. The highest BCUT2D eigenvalue weighted by Gasteiger charge is 2.29. The summed E-state index contributed by atoms with van der Waals surface area (Å²) in [5.74, 6) is 0.0184. The topological polar surface area (TPSA) is 59.1 Å². The number of piperidine rings is 1. The van der Waals surface area contributed by atoms with Crippen LogP contribution in [0.15, 0.2) is 54.6 Å². The average Bonchev–Trinajstić information content (AvgIpc) is 2.92. The monoisotopic (exact) mass is 491 g/mol. The molecule has 4 rings (SSSR count). The fourth-order valence-corrected chi connectivity index (χ4v) is 5.17. The molecule has 2 aromatic rings. The Kier molecular flexibility index (Phi) is 9.36. The Morgan fingerprint density at radius 2 is 1.31 bits per heavy atom. The lowest BCUT2D eigenvalue weighted by atomic mass is 9.96. The quantitative estimate of drug-likeness (QED) is 0.604. The number of urea groups is 1. The summed E-state index contributed by atoms with van der Waals surface area (Å²) < 4.78 is 0. The zero-order chi connectivity index (χ0) is 25.3. The first-order valence-electron chi connectivity index (χ1n) is 13.5. The largest absolute Gasteiger partial charge is 0.326 e. The van der Waals surface area contributed by atoms with Gasteiger partial charge in [-0.05, 0) is 49.9 Å². The zero-order valence-corrected chi connectivity index (χ0v) is 21.9. The lowest BCUT2D eigenvalue weighted by molar-refractivity contribution is -0.121. The molecule has 0 bridgehead atoms. The molecule has 2 fully saturated rings. The van der Waals surface area contributed by atoms with Gasteiger partial charge in [0.15, 0.2) is 0 Å². The van der Waals surface area contributed by atoms with E-state index in [1.165, 1.54) is 11.1 Å². The maximum absolute atomic E-state index is 12.8. The van der Waals surface area contributed by atoms with Crippen molar-refractivity contribution in [3.05, 3.63) is 65.7 Å². The molecule has 0 atom stereocenters. The van der Waals surface area contributed by atoms with Gasteiger partial charge in [-0.1, -0.05) is 42.5 Å². The molecule has 2 heterocycles. The molecule has 0 aromatic heterocycles. The zero-order valence-electron chi connectivity index (χ0n) is 21.9. The maximum atomic E-state index is 12.8. The van der Waals surface area contributed by atoms with Crippen molar-refractivity contribution in [1.82, 2.24) is 19.6 Å². The molecule has 2 aliphatic rings. The number of hydrogen-bond donors (Lipinski definition) is 1. The van der Waals surface area contributed by atoms with Crippen molar-refractivity contribution in [3.63, 3.8) is 0 Å². The lowest BCUT2D eigenvalue weighted by Crippen LogP contribution is -2.47. The van der Waals surface area contributed by atoms with Crippen molar-refractivity contribution < 1.29 is 9.59 Å². The van der Waals surface area contributed by atoms with Crippen LogP contribution >= 0.6 is 0 Å². The van der Waals surface area contributed by atoms with Crippen molar-refractivity contribution >= 4 is 17.6 Å². The van der Waals surface area contributed by atoms with Crippen LogP contribution < -0.4 is 5.32 Å². The number of carbonyl (C=O) groups excluding carboxylic acids is 2. The number of hydrogen-bond acceptors (Lipinski definition) is 4. The van der Waals surface area contributed by atoms with Crippen LogP contribution in [0, 0.1) is 5.92 Å². The van der Waals surface area contributed by atoms with Gasteiger partial charge in [-0.3, -0.25) is 14.6 Å². The number of piperazine rings is 1. The minimum absolute atomic E-state index is 0.0439. The number of rotatable bonds is 8. The number of benzene rings is 2. The fourth-order valence-electron chi connectivity index (χ4n) is 5.17. The predicted octanol–water partition coefficient (Wildman–Crippen LogP) is 4.12. The van der Waals surface area contributed by atoms with Crippen molar-refractivity contribution in [2.75, 3.05) is 57.7 Å². The number of nitrogens with zero attached hydrogens (tertiary/aromatic N) is 4. The molecule has 36 heavy (non-hydrogen) atoms. The fraction of sp³-hybridized carbons (Fsp3) is 0.517. The smallest absolute Gasteiger partial charge is 0.319 e. The highest BCUT2D eigenvalue weighted by molar-refractivity contribution is 5.92. The number of carbonyl (C=O) groups is 2. The first-order chi connectivity index (χ1) is 17.6. The first kappa shape index (κ1) is 26.2. The second-order valence-corrected chi connectivity index (χ2v) is 9.94. The average molecular weight is 492 g/mol. The molecule has 3 amide bonds. The van der Waals surface area contributed by atoms with Gasteiger partial charge < -0.3 is 15.1 Å². The van der Waals surface area contributed by atoms with Crippen LogP contribution in [0.2, 0.25) is 0 Å². The Balaban J connectivity index is 1.18. The van der Waals surface area contributed by atoms with Gasteiger partial charge in [0.25, 0.3) is 0 Å². The van der Waals surface area contributed by atoms with Crippen LogP contribution in [0.25, 0.3) is 0 Å². The van der Waals surface area contributed by atoms with Crippen molar-refractivity contribution in [3.8, 4) is 0 Å². The molecular formula is C29H41N5O2. The molecule has 7 nitrogen and oxygen atoms in total. The summed E-state index contributed by atoms with van der Waals surface area (Å²) in [6.07, 6.45) is 1.43. The molecule has 194 valence electrons. The number of anilines is 1. The van der Waals surface area contributed by atoms with E-state index in [1.807, 2.05) is 35.8 Å². The molecule has 2 aromatic carbocycles. The Bertz CT molecular complexity index is 961. The minimum Gasteiger partial charge on any atom is -0.326 e. The Morgan fingerprint density at radius 3 is 1.83 bits per heavy atom. The summed E-state index contributed by atoms with van der Waals surface area (Å²) in [6.45, 7) is 13.0. The highest BCUT2D eigenvalue weighted by atomic mass is 16.2. The van der Waals surface area contributed by atoms with E-state index in [0.29, 0.717) is 25.9 Å². The van der Waals surface area contributed by atoms with Crippen LogP contribution in [0.3, 0.4) is 0 Å². The van der Waals surface area contributed by atoms with Crippen molar-refractivity contribution in [1.29, 1.82) is 0 Å². The third kappa shape index (κ3) is 7.08. The van der Waals surface area contributed by atoms with Crippen LogP contribution in [0.5, 0.6) is 0 Å². The molecular weight excluding hydrogens is 450 g/mol. The van der Waals surface area contributed by atoms with Gasteiger partial charge in [-0.15, -0.1) is 0 Å². The third-order valence-corrected chi connectivity index (χ3v) is 7.51. The van der Waals surface area contributed by atoms with Crippen molar-refractivity contribution in [2.24, 2.45) is 5.92 Å². The van der Waals surface area contributed by atoms with E-state index < -0.39 is 0 Å². The summed E-state index contributed by atoms with van der Waals surface area (Å²) >= 11 is 0. The van der Waals surface area contributed by atoms with E-state index in [0.717, 1.165) is 58.0 Å². The Hall–Kier alpha value is -2.90. The molecule has 7 heteroatoms. The SMILES string of the molecule is CCN(CC)C(=O)N1CCC(C(=O)Nc2ccc(CN3CCN(Cc4ccccc4)CC3)cc2)CC1. The van der Waals surface area contributed by atoms with Gasteiger partial charge in [0, 0.05) is 77.1 Å². The molecule has 0 unspecified atom stereocenters. The standard InChI is InChI=1S/C29H41N5O2/c1-3-33(4-2)29(36)34-16-14-26(15-17-34)28(35)30-27-12-10-25(11-13-27)23-32-20-18-31(19-21-32)22-24-8-6-5-7-9-24/h5-13,26H,3-4,14-23H2,1-2H3,(H,30,35). The van der Waals surface area contributed by atoms with Crippen LogP contribution in [-0.4, -0.2) is 83.9 Å². The number of nitrogens with one attached hydrogen (secondary N) is 1. The van der Waals surface area contributed by atoms with Gasteiger partial charge in [0.1, 0.15) is 0 Å². The van der Waals surface area contributed by atoms with E-state index >= 15 is 0 Å². The summed E-state index contributed by atoms with van der Waals surface area (Å²) in [7, 11) is 0. The van der Waals surface area contributed by atoms with E-state index in [2.05, 4.69) is 57.6 Å². The van der Waals surface area contributed by atoms with Crippen LogP contribution in [0.1, 0.15) is 37.8 Å². The molecule has 2 saturated heterocycles. The van der Waals surface area contributed by atoms with E-state index in [1.54, 1.807) is 0 Å². The number of likely N-dealkylation sites (tertiary alicyclic amines) is 1. The highest BCUT2D eigenvalue weighted by Crippen LogP contribution is 2.21. The van der Waals surface area contributed by atoms with Gasteiger partial charge in [-0.25, -0.2) is 4.79 Å². The number of amides is 3. The predicted molar refractivity (Wildman–Crippen MR) is 145 cm³/mol. The Labute approximate surface area is 216 Å². The van der Waals surface area contributed by atoms with E-state index in [9.17, 15) is 9.59 Å². The third-order valence-electron chi connectivity index (χ3n) is 7.51. The molecule has 0 spiro atoms. The molecule has 0 radical (unpaired) electrons. The second kappa shape index (κ2) is 12.9. The maximum Gasteiger partial charge on any atom is 0.319 e.